The summed E-state index contributed by atoms with van der Waals surface area (Å²) < 4.78 is 0. The van der Waals surface area contributed by atoms with E-state index in [9.17, 15) is 4.79 Å². The Morgan fingerprint density at radius 3 is 2.04 bits per heavy atom. The molecule has 3 atom stereocenters. The van der Waals surface area contributed by atoms with Crippen LogP contribution in [0.15, 0.2) is 0 Å². The number of hydrogen-bond acceptors (Lipinski definition) is 3. The van der Waals surface area contributed by atoms with Crippen LogP contribution in [0.1, 0.15) is 98.3 Å². The highest BCUT2D eigenvalue weighted by Gasteiger charge is 2.13. The molecule has 1 N–H and O–H groups in total. The molecule has 0 aromatic carbocycles. The van der Waals surface area contributed by atoms with Gasteiger partial charge in [0.05, 0.1) is 0 Å². The number of carboxylic acids is 1. The maximum Gasteiger partial charge on any atom is 0.303 e. The highest BCUT2D eigenvalue weighted by Crippen LogP contribution is 2.27. The van der Waals surface area contributed by atoms with Gasteiger partial charge in [0, 0.05) is 11.7 Å². The van der Waals surface area contributed by atoms with Crippen molar-refractivity contribution in [2.45, 2.75) is 104 Å². The van der Waals surface area contributed by atoms with Crippen LogP contribution in [0.25, 0.3) is 0 Å². The Morgan fingerprint density at radius 2 is 1.46 bits per heavy atom. The molecule has 156 valence electrons. The predicted octanol–water partition coefficient (Wildman–Crippen LogP) is 7.51. The standard InChI is InChI=1S/C22H44O2S2/c1-5-7-11-19(3)17-25-16-15-21(13-9-10-14-22(23)24)26-18-20(4)12-8-6-2/h19-21H,5-18H2,1-4H3,(H,23,24). The SMILES string of the molecule is CCCCC(C)CSCCC(CCCCC(=O)O)SCC(C)CCCC. The van der Waals surface area contributed by atoms with Crippen molar-refractivity contribution < 1.29 is 9.90 Å². The molecule has 0 aliphatic carbocycles. The molecule has 26 heavy (non-hydrogen) atoms. The average Bonchev–Trinajstić information content (AvgIpc) is 2.61. The van der Waals surface area contributed by atoms with Gasteiger partial charge in [0.2, 0.25) is 0 Å². The molecule has 0 amide bonds. The summed E-state index contributed by atoms with van der Waals surface area (Å²) in [6.45, 7) is 9.31. The van der Waals surface area contributed by atoms with Gasteiger partial charge in [-0.15, -0.1) is 0 Å². The van der Waals surface area contributed by atoms with E-state index in [1.807, 2.05) is 0 Å². The molecule has 0 bridgehead atoms. The summed E-state index contributed by atoms with van der Waals surface area (Å²) in [5, 5.41) is 9.53. The fourth-order valence-electron chi connectivity index (χ4n) is 3.03. The van der Waals surface area contributed by atoms with E-state index in [1.54, 1.807) is 0 Å². The van der Waals surface area contributed by atoms with Crippen molar-refractivity contribution in [2.24, 2.45) is 11.8 Å². The van der Waals surface area contributed by atoms with Gasteiger partial charge in [0.1, 0.15) is 0 Å². The number of unbranched alkanes of at least 4 members (excludes halogenated alkanes) is 3. The molecule has 0 aliphatic rings. The minimum atomic E-state index is -0.654. The first-order chi connectivity index (χ1) is 12.5. The van der Waals surface area contributed by atoms with Crippen LogP contribution in [-0.2, 0) is 4.79 Å². The number of carbonyl (C=O) groups is 1. The van der Waals surface area contributed by atoms with Gasteiger partial charge < -0.3 is 5.11 Å². The second-order valence-corrected chi connectivity index (χ2v) is 10.4. The van der Waals surface area contributed by atoms with Crippen LogP contribution in [-0.4, -0.2) is 33.6 Å². The normalized spacial score (nSPS) is 14.9. The van der Waals surface area contributed by atoms with Gasteiger partial charge in [0.15, 0.2) is 0 Å². The summed E-state index contributed by atoms with van der Waals surface area (Å²) in [4.78, 5) is 10.7. The summed E-state index contributed by atoms with van der Waals surface area (Å²) in [7, 11) is 0. The van der Waals surface area contributed by atoms with Gasteiger partial charge in [-0.2, -0.15) is 23.5 Å². The van der Waals surface area contributed by atoms with E-state index in [0.717, 1.165) is 24.7 Å². The average molecular weight is 405 g/mol. The Kier molecular flexibility index (Phi) is 18.7. The van der Waals surface area contributed by atoms with Crippen molar-refractivity contribution in [3.63, 3.8) is 0 Å². The molecule has 0 saturated heterocycles. The zero-order chi connectivity index (χ0) is 19.6. The van der Waals surface area contributed by atoms with Gasteiger partial charge in [-0.25, -0.2) is 0 Å². The summed E-state index contributed by atoms with van der Waals surface area (Å²) in [6, 6.07) is 0. The monoisotopic (exact) mass is 404 g/mol. The van der Waals surface area contributed by atoms with Crippen molar-refractivity contribution in [3.8, 4) is 0 Å². The lowest BCUT2D eigenvalue weighted by Gasteiger charge is -2.19. The molecule has 3 unspecified atom stereocenters. The van der Waals surface area contributed by atoms with E-state index in [-0.39, 0.29) is 0 Å². The van der Waals surface area contributed by atoms with Crippen LogP contribution in [0.3, 0.4) is 0 Å². The van der Waals surface area contributed by atoms with Crippen LogP contribution >= 0.6 is 23.5 Å². The van der Waals surface area contributed by atoms with Crippen LogP contribution < -0.4 is 0 Å². The highest BCUT2D eigenvalue weighted by atomic mass is 32.2. The van der Waals surface area contributed by atoms with E-state index in [4.69, 9.17) is 5.11 Å². The molecule has 0 rings (SSSR count). The molecule has 2 nitrogen and oxygen atoms in total. The van der Waals surface area contributed by atoms with Crippen molar-refractivity contribution in [1.82, 2.24) is 0 Å². The second-order valence-electron chi connectivity index (χ2n) is 7.95. The van der Waals surface area contributed by atoms with Crippen molar-refractivity contribution in [2.75, 3.05) is 17.3 Å². The maximum atomic E-state index is 10.7. The molecule has 0 aromatic rings. The number of rotatable bonds is 19. The lowest BCUT2D eigenvalue weighted by atomic mass is 10.1. The van der Waals surface area contributed by atoms with Crippen LogP contribution in [0, 0.1) is 11.8 Å². The molecule has 0 heterocycles. The summed E-state index contributed by atoms with van der Waals surface area (Å²) in [5.74, 6) is 4.82. The second kappa shape index (κ2) is 18.5. The molecule has 0 aliphatic heterocycles. The lowest BCUT2D eigenvalue weighted by Crippen LogP contribution is -2.10. The van der Waals surface area contributed by atoms with E-state index in [1.165, 1.54) is 68.6 Å². The minimum absolute atomic E-state index is 0.327. The minimum Gasteiger partial charge on any atom is -0.481 e. The quantitative estimate of drug-likeness (QED) is 0.226. The Hall–Kier alpha value is 0.170. The number of hydrogen-bond donors (Lipinski definition) is 1. The number of carboxylic acid groups (broad SMARTS) is 1. The topological polar surface area (TPSA) is 37.3 Å². The molecule has 0 fully saturated rings. The van der Waals surface area contributed by atoms with E-state index in [2.05, 4.69) is 51.2 Å². The van der Waals surface area contributed by atoms with Gasteiger partial charge in [-0.1, -0.05) is 59.8 Å². The molecule has 0 radical (unpaired) electrons. The summed E-state index contributed by atoms with van der Waals surface area (Å²) in [6.07, 6.45) is 12.7. The van der Waals surface area contributed by atoms with E-state index in [0.29, 0.717) is 11.7 Å². The Bertz CT molecular complexity index is 323. The number of aliphatic carboxylic acids is 1. The molecule has 0 saturated carbocycles. The fourth-order valence-corrected chi connectivity index (χ4v) is 5.75. The molecular weight excluding hydrogens is 360 g/mol. The summed E-state index contributed by atoms with van der Waals surface area (Å²) >= 11 is 4.28. The molecule has 0 spiro atoms. The zero-order valence-corrected chi connectivity index (χ0v) is 19.4. The van der Waals surface area contributed by atoms with Gasteiger partial charge in [-0.05, 0) is 61.2 Å². The van der Waals surface area contributed by atoms with Gasteiger partial charge in [0.25, 0.3) is 0 Å². The van der Waals surface area contributed by atoms with Gasteiger partial charge >= 0.3 is 5.97 Å². The predicted molar refractivity (Wildman–Crippen MR) is 122 cm³/mol. The molecule has 4 heteroatoms. The first-order valence-corrected chi connectivity index (χ1v) is 13.1. The third-order valence-electron chi connectivity index (χ3n) is 4.87. The summed E-state index contributed by atoms with van der Waals surface area (Å²) in [5.41, 5.74) is 0. The Labute approximate surface area is 172 Å². The smallest absolute Gasteiger partial charge is 0.303 e. The lowest BCUT2D eigenvalue weighted by molar-refractivity contribution is -0.137. The zero-order valence-electron chi connectivity index (χ0n) is 17.8. The molecule has 0 aromatic heterocycles. The third kappa shape index (κ3) is 17.6. The highest BCUT2D eigenvalue weighted by molar-refractivity contribution is 8.00. The van der Waals surface area contributed by atoms with Gasteiger partial charge in [-0.3, -0.25) is 4.79 Å². The Balaban J connectivity index is 4.07. The number of thioether (sulfide) groups is 2. The maximum absolute atomic E-state index is 10.7. The van der Waals surface area contributed by atoms with Crippen LogP contribution in [0.4, 0.5) is 0 Å². The van der Waals surface area contributed by atoms with Crippen LogP contribution in [0.5, 0.6) is 0 Å². The van der Waals surface area contributed by atoms with Crippen molar-refractivity contribution >= 4 is 29.5 Å². The largest absolute Gasteiger partial charge is 0.481 e. The van der Waals surface area contributed by atoms with Crippen molar-refractivity contribution in [1.29, 1.82) is 0 Å². The van der Waals surface area contributed by atoms with Crippen molar-refractivity contribution in [3.05, 3.63) is 0 Å². The Morgan fingerprint density at radius 1 is 0.846 bits per heavy atom. The molecular formula is C22H44O2S2. The van der Waals surface area contributed by atoms with E-state index >= 15 is 0 Å². The fraction of sp³-hybridized carbons (Fsp3) is 0.955. The van der Waals surface area contributed by atoms with E-state index < -0.39 is 5.97 Å². The third-order valence-corrected chi connectivity index (χ3v) is 7.90. The van der Waals surface area contributed by atoms with Crippen LogP contribution in [0.2, 0.25) is 0 Å². The first kappa shape index (κ1) is 26.2. The first-order valence-electron chi connectivity index (χ1n) is 10.9.